The zero-order valence-corrected chi connectivity index (χ0v) is 25.0. The summed E-state index contributed by atoms with van der Waals surface area (Å²) in [6, 6.07) is 10.0. The Morgan fingerprint density at radius 2 is 1.73 bits per heavy atom. The van der Waals surface area contributed by atoms with E-state index in [1.54, 1.807) is 33.5 Å². The van der Waals surface area contributed by atoms with E-state index in [9.17, 15) is 13.2 Å². The number of carbonyl (C=O) groups is 1. The molecule has 7 nitrogen and oxygen atoms in total. The smallest absolute Gasteiger partial charge is 0.260 e. The average Bonchev–Trinajstić information content (AvgIpc) is 3.22. The van der Waals surface area contributed by atoms with Crippen molar-refractivity contribution in [2.75, 3.05) is 45.2 Å². The molecule has 2 unspecified atom stereocenters. The van der Waals surface area contributed by atoms with Gasteiger partial charge in [0.1, 0.15) is 0 Å². The van der Waals surface area contributed by atoms with Crippen molar-refractivity contribution >= 4 is 66.6 Å². The van der Waals surface area contributed by atoms with Gasteiger partial charge < -0.3 is 4.90 Å². The molecule has 202 valence electrons. The summed E-state index contributed by atoms with van der Waals surface area (Å²) in [4.78, 5) is 22.3. The Kier molecular flexibility index (Phi) is 9.64. The highest BCUT2D eigenvalue weighted by Gasteiger charge is 2.32. The van der Waals surface area contributed by atoms with Crippen LogP contribution in [0, 0.1) is 18.8 Å². The Morgan fingerprint density at radius 3 is 2.32 bits per heavy atom. The zero-order valence-electron chi connectivity index (χ0n) is 21.8. The molecule has 0 spiro atoms. The van der Waals surface area contributed by atoms with Crippen LogP contribution in [0.15, 0.2) is 41.3 Å². The first-order chi connectivity index (χ1) is 17.0. The van der Waals surface area contributed by atoms with Crippen LogP contribution in [0.2, 0.25) is 5.02 Å². The van der Waals surface area contributed by atoms with Gasteiger partial charge in [-0.3, -0.25) is 9.69 Å². The van der Waals surface area contributed by atoms with Crippen LogP contribution < -0.4 is 4.90 Å². The van der Waals surface area contributed by atoms with Gasteiger partial charge in [0, 0.05) is 36.8 Å². The summed E-state index contributed by atoms with van der Waals surface area (Å²) in [7, 11) is 0.291. The topological polar surface area (TPSA) is 73.8 Å². The number of fused-ring (bicyclic) bond motifs is 1. The van der Waals surface area contributed by atoms with Crippen molar-refractivity contribution in [2.45, 2.75) is 32.1 Å². The average molecular weight is 586 g/mol. The van der Waals surface area contributed by atoms with Crippen LogP contribution in [-0.4, -0.2) is 68.8 Å². The predicted molar refractivity (Wildman–Crippen MR) is 155 cm³/mol. The number of sulfonamides is 1. The molecule has 1 fully saturated rings. The molecule has 0 aliphatic carbocycles. The molecule has 0 saturated carbocycles. The van der Waals surface area contributed by atoms with Crippen LogP contribution in [0.25, 0.3) is 10.2 Å². The summed E-state index contributed by atoms with van der Waals surface area (Å²) in [5.74, 6) is 0.424. The van der Waals surface area contributed by atoms with Crippen molar-refractivity contribution in [1.82, 2.24) is 14.2 Å². The van der Waals surface area contributed by atoms with E-state index in [2.05, 4.69) is 13.8 Å². The highest BCUT2D eigenvalue weighted by molar-refractivity contribution is 7.89. The van der Waals surface area contributed by atoms with E-state index in [4.69, 9.17) is 16.6 Å². The van der Waals surface area contributed by atoms with Gasteiger partial charge in [0.05, 0.1) is 15.1 Å². The van der Waals surface area contributed by atoms with Gasteiger partial charge in [0.15, 0.2) is 5.13 Å². The summed E-state index contributed by atoms with van der Waals surface area (Å²) in [6.45, 7) is 8.26. The minimum absolute atomic E-state index is 0. The van der Waals surface area contributed by atoms with Gasteiger partial charge in [-0.15, -0.1) is 12.4 Å². The van der Waals surface area contributed by atoms with Crippen molar-refractivity contribution in [3.63, 3.8) is 0 Å². The molecule has 37 heavy (non-hydrogen) atoms. The molecule has 1 amide bonds. The maximum absolute atomic E-state index is 13.6. The molecule has 1 aromatic heterocycles. The summed E-state index contributed by atoms with van der Waals surface area (Å²) in [5, 5.41) is 1.23. The fraction of sp³-hybridized carbons (Fsp3) is 0.462. The quantitative estimate of drug-likeness (QED) is 0.363. The number of aromatic nitrogens is 1. The van der Waals surface area contributed by atoms with E-state index in [0.717, 1.165) is 22.2 Å². The van der Waals surface area contributed by atoms with E-state index in [-0.39, 0.29) is 23.2 Å². The van der Waals surface area contributed by atoms with Crippen LogP contribution in [-0.2, 0) is 10.0 Å². The molecule has 0 radical (unpaired) electrons. The van der Waals surface area contributed by atoms with Gasteiger partial charge in [-0.25, -0.2) is 13.4 Å². The van der Waals surface area contributed by atoms with E-state index in [0.29, 0.717) is 53.7 Å². The van der Waals surface area contributed by atoms with Crippen molar-refractivity contribution in [3.8, 4) is 0 Å². The van der Waals surface area contributed by atoms with Crippen molar-refractivity contribution in [1.29, 1.82) is 0 Å². The van der Waals surface area contributed by atoms with E-state index in [1.807, 2.05) is 38.1 Å². The number of piperidine rings is 1. The first kappa shape index (κ1) is 29.8. The number of aryl methyl sites for hydroxylation is 1. The molecule has 2 atom stereocenters. The van der Waals surface area contributed by atoms with Crippen LogP contribution in [0.4, 0.5) is 5.13 Å². The Hall–Kier alpha value is -1.75. The van der Waals surface area contributed by atoms with Gasteiger partial charge in [-0.1, -0.05) is 36.8 Å². The number of anilines is 1. The van der Waals surface area contributed by atoms with E-state index in [1.165, 1.54) is 11.3 Å². The summed E-state index contributed by atoms with van der Waals surface area (Å²) in [6.07, 6.45) is 1.03. The molecular weight excluding hydrogens is 551 g/mol. The van der Waals surface area contributed by atoms with E-state index < -0.39 is 10.0 Å². The molecule has 1 aliphatic heterocycles. The minimum Gasteiger partial charge on any atom is -0.308 e. The third kappa shape index (κ3) is 6.64. The lowest BCUT2D eigenvalue weighted by atomic mass is 9.94. The van der Waals surface area contributed by atoms with Crippen LogP contribution in [0.1, 0.15) is 36.2 Å². The lowest BCUT2D eigenvalue weighted by Gasteiger charge is -2.34. The number of thiazole rings is 1. The summed E-state index contributed by atoms with van der Waals surface area (Å²) in [5.41, 5.74) is 2.20. The van der Waals surface area contributed by atoms with Crippen LogP contribution >= 0.6 is 35.3 Å². The predicted octanol–water partition coefficient (Wildman–Crippen LogP) is 5.55. The molecule has 2 heterocycles. The van der Waals surface area contributed by atoms with Gasteiger partial charge in [-0.2, -0.15) is 4.31 Å². The number of carbonyl (C=O) groups excluding carboxylic acids is 1. The lowest BCUT2D eigenvalue weighted by Crippen LogP contribution is -2.42. The van der Waals surface area contributed by atoms with Crippen molar-refractivity contribution in [2.24, 2.45) is 11.8 Å². The summed E-state index contributed by atoms with van der Waals surface area (Å²) >= 11 is 7.66. The van der Waals surface area contributed by atoms with Gasteiger partial charge in [-0.05, 0) is 81.2 Å². The fourth-order valence-corrected chi connectivity index (χ4v) is 7.84. The second-order valence-corrected chi connectivity index (χ2v) is 13.5. The molecular formula is C26H34Cl2N4O3S2. The third-order valence-corrected chi connectivity index (χ3v) is 9.55. The largest absolute Gasteiger partial charge is 0.308 e. The fourth-order valence-electron chi connectivity index (χ4n) is 4.72. The number of benzene rings is 2. The number of nitrogens with zero attached hydrogens (tertiary/aromatic N) is 4. The first-order valence-electron chi connectivity index (χ1n) is 12.1. The highest BCUT2D eigenvalue weighted by atomic mass is 35.5. The van der Waals surface area contributed by atoms with Crippen LogP contribution in [0.5, 0.6) is 0 Å². The Labute approximate surface area is 234 Å². The normalized spacial score (nSPS) is 18.7. The minimum atomic E-state index is -3.61. The molecule has 0 bridgehead atoms. The number of halogens is 2. The summed E-state index contributed by atoms with van der Waals surface area (Å²) < 4.78 is 29.0. The van der Waals surface area contributed by atoms with Gasteiger partial charge >= 0.3 is 0 Å². The second-order valence-electron chi connectivity index (χ2n) is 10.1. The third-order valence-electron chi connectivity index (χ3n) is 6.46. The molecule has 4 rings (SSSR count). The van der Waals surface area contributed by atoms with Crippen molar-refractivity contribution < 1.29 is 13.2 Å². The van der Waals surface area contributed by atoms with Crippen molar-refractivity contribution in [3.05, 3.63) is 52.5 Å². The lowest BCUT2D eigenvalue weighted by molar-refractivity contribution is 0.0985. The molecule has 1 aliphatic rings. The SMILES string of the molecule is Cc1cc(Cl)cc2sc(N(CCN(C)C)C(=O)c3ccc(S(=O)(=O)N4CC(C)CC(C)C4)cc3)nc12.Cl. The Bertz CT molecular complexity index is 1350. The van der Waals surface area contributed by atoms with Gasteiger partial charge in [0.25, 0.3) is 5.91 Å². The molecule has 3 aromatic rings. The molecule has 11 heteroatoms. The van der Waals surface area contributed by atoms with Gasteiger partial charge in [0.2, 0.25) is 10.0 Å². The number of hydrogen-bond acceptors (Lipinski definition) is 6. The highest BCUT2D eigenvalue weighted by Crippen LogP contribution is 2.34. The Morgan fingerprint density at radius 1 is 1.11 bits per heavy atom. The number of hydrogen-bond donors (Lipinski definition) is 0. The number of amides is 1. The first-order valence-corrected chi connectivity index (χ1v) is 14.7. The Balaban J connectivity index is 0.00000380. The second kappa shape index (κ2) is 12.0. The maximum atomic E-state index is 13.6. The standard InChI is InChI=1S/C26H33ClN4O3S2.ClH/c1-17-12-18(2)16-30(15-17)36(33,34)22-8-6-20(7-9-22)25(32)31(11-10-29(4)5)26-28-24-19(3)13-21(27)14-23(24)35-26;/h6-9,13-14,17-18H,10-12,15-16H2,1-5H3;1H. The molecule has 1 saturated heterocycles. The van der Waals surface area contributed by atoms with E-state index >= 15 is 0 Å². The zero-order chi connectivity index (χ0) is 26.2. The molecule has 2 aromatic carbocycles. The van der Waals surface area contributed by atoms with Crippen LogP contribution in [0.3, 0.4) is 0 Å². The monoisotopic (exact) mass is 584 g/mol. The number of likely N-dealkylation sites (N-methyl/N-ethyl adjacent to an activating group) is 1. The molecule has 0 N–H and O–H groups in total. The maximum Gasteiger partial charge on any atom is 0.260 e. The number of rotatable bonds is 7.